The SMILES string of the molecule is Cc1cccc(F)c1-c1cc(N)c2cc(OS(=O)(=O)C(F)(F)F)ncc2c1. The number of aromatic nitrogens is 1. The predicted octanol–water partition coefficient (Wildman–Crippen LogP) is 4.16. The number of pyridine rings is 1. The molecule has 0 saturated heterocycles. The Balaban J connectivity index is 2.09. The first-order chi connectivity index (χ1) is 12.5. The van der Waals surface area contributed by atoms with Crippen molar-refractivity contribution in [1.29, 1.82) is 0 Å². The fourth-order valence-corrected chi connectivity index (χ4v) is 3.02. The Hall–Kier alpha value is -2.88. The summed E-state index contributed by atoms with van der Waals surface area (Å²) in [6.45, 7) is 1.72. The van der Waals surface area contributed by atoms with Gasteiger partial charge in [-0.1, -0.05) is 12.1 Å². The molecule has 0 saturated carbocycles. The zero-order valence-corrected chi connectivity index (χ0v) is 14.5. The van der Waals surface area contributed by atoms with E-state index in [2.05, 4.69) is 9.17 Å². The first-order valence-corrected chi connectivity index (χ1v) is 8.86. The standard InChI is InChI=1S/C17H12F4N2O3S/c1-9-3-2-4-13(18)16(9)10-5-11-8-23-15(7-12(11)14(22)6-10)26-27(24,25)17(19,20)21/h2-8H,22H2,1H3. The monoisotopic (exact) mass is 400 g/mol. The lowest BCUT2D eigenvalue weighted by molar-refractivity contribution is -0.0501. The van der Waals surface area contributed by atoms with Gasteiger partial charge in [-0.2, -0.15) is 21.6 Å². The molecule has 5 nitrogen and oxygen atoms in total. The van der Waals surface area contributed by atoms with Crippen molar-refractivity contribution < 1.29 is 30.2 Å². The number of hydrogen-bond donors (Lipinski definition) is 1. The smallest absolute Gasteiger partial charge is 0.398 e. The van der Waals surface area contributed by atoms with E-state index in [1.807, 2.05) is 0 Å². The van der Waals surface area contributed by atoms with Crippen LogP contribution in [0.25, 0.3) is 21.9 Å². The summed E-state index contributed by atoms with van der Waals surface area (Å²) in [5.74, 6) is -1.24. The van der Waals surface area contributed by atoms with Crippen molar-refractivity contribution in [3.63, 3.8) is 0 Å². The first kappa shape index (κ1) is 18.9. The van der Waals surface area contributed by atoms with Crippen LogP contribution < -0.4 is 9.92 Å². The molecule has 0 unspecified atom stereocenters. The minimum atomic E-state index is -5.85. The van der Waals surface area contributed by atoms with E-state index >= 15 is 0 Å². The van der Waals surface area contributed by atoms with Crippen LogP contribution in [0.2, 0.25) is 0 Å². The van der Waals surface area contributed by atoms with Crippen molar-refractivity contribution in [2.75, 3.05) is 5.73 Å². The summed E-state index contributed by atoms with van der Waals surface area (Å²) in [4.78, 5) is 3.58. The van der Waals surface area contributed by atoms with E-state index < -0.39 is 27.3 Å². The van der Waals surface area contributed by atoms with Crippen LogP contribution in [0.1, 0.15) is 5.56 Å². The van der Waals surface area contributed by atoms with Gasteiger partial charge in [0.2, 0.25) is 5.88 Å². The number of alkyl halides is 3. The van der Waals surface area contributed by atoms with Crippen molar-refractivity contribution in [1.82, 2.24) is 4.98 Å². The molecule has 2 aromatic carbocycles. The van der Waals surface area contributed by atoms with Crippen molar-refractivity contribution in [2.45, 2.75) is 12.4 Å². The number of hydrogen-bond acceptors (Lipinski definition) is 5. The second kappa shape index (κ2) is 6.38. The molecule has 0 aliphatic rings. The van der Waals surface area contributed by atoms with E-state index in [0.29, 0.717) is 22.1 Å². The Morgan fingerprint density at radius 1 is 1.15 bits per heavy atom. The summed E-state index contributed by atoms with van der Waals surface area (Å²) in [5, 5.41) is 0.597. The molecule has 3 rings (SSSR count). The highest BCUT2D eigenvalue weighted by molar-refractivity contribution is 7.87. The van der Waals surface area contributed by atoms with Crippen molar-refractivity contribution >= 4 is 26.6 Å². The quantitative estimate of drug-likeness (QED) is 0.309. The van der Waals surface area contributed by atoms with Gasteiger partial charge in [0.25, 0.3) is 0 Å². The Labute approximate surface area is 151 Å². The molecule has 142 valence electrons. The van der Waals surface area contributed by atoms with E-state index in [1.54, 1.807) is 25.1 Å². The van der Waals surface area contributed by atoms with E-state index in [1.165, 1.54) is 12.1 Å². The van der Waals surface area contributed by atoms with Gasteiger partial charge in [-0.05, 0) is 36.2 Å². The van der Waals surface area contributed by atoms with Crippen LogP contribution in [0.4, 0.5) is 23.2 Å². The third kappa shape index (κ3) is 3.52. The van der Waals surface area contributed by atoms with Gasteiger partial charge < -0.3 is 9.92 Å². The fourth-order valence-electron chi connectivity index (χ4n) is 2.61. The second-order valence-corrected chi connectivity index (χ2v) is 7.26. The summed E-state index contributed by atoms with van der Waals surface area (Å²) < 4.78 is 77.7. The summed E-state index contributed by atoms with van der Waals surface area (Å²) in [7, 11) is -5.85. The summed E-state index contributed by atoms with van der Waals surface area (Å²) in [6.07, 6.45) is 1.10. The molecule has 10 heteroatoms. The Kier molecular flexibility index (Phi) is 4.46. The highest BCUT2D eigenvalue weighted by Crippen LogP contribution is 2.34. The maximum Gasteiger partial charge on any atom is 0.534 e. The normalized spacial score (nSPS) is 12.3. The zero-order chi connectivity index (χ0) is 20.0. The average Bonchev–Trinajstić information content (AvgIpc) is 2.54. The lowest BCUT2D eigenvalue weighted by Crippen LogP contribution is -2.28. The third-order valence-electron chi connectivity index (χ3n) is 3.83. The maximum absolute atomic E-state index is 14.2. The molecular weight excluding hydrogens is 388 g/mol. The van der Waals surface area contributed by atoms with Gasteiger partial charge in [-0.15, -0.1) is 0 Å². The molecule has 0 fully saturated rings. The summed E-state index contributed by atoms with van der Waals surface area (Å²) >= 11 is 0. The molecule has 0 bridgehead atoms. The van der Waals surface area contributed by atoms with Crippen molar-refractivity contribution in [3.8, 4) is 17.0 Å². The third-order valence-corrected chi connectivity index (χ3v) is 4.79. The summed E-state index contributed by atoms with van der Waals surface area (Å²) in [5.41, 5.74) is 1.90. The molecular formula is C17H12F4N2O3S. The van der Waals surface area contributed by atoms with Gasteiger partial charge in [0.1, 0.15) is 5.82 Å². The number of benzene rings is 2. The molecule has 3 aromatic rings. The number of nitrogen functional groups attached to an aromatic ring is 1. The molecule has 2 N–H and O–H groups in total. The second-order valence-electron chi connectivity index (χ2n) is 5.72. The highest BCUT2D eigenvalue weighted by atomic mass is 32.2. The molecule has 0 spiro atoms. The number of rotatable bonds is 3. The number of halogens is 4. The summed E-state index contributed by atoms with van der Waals surface area (Å²) in [6, 6.07) is 8.54. The van der Waals surface area contributed by atoms with Gasteiger partial charge in [-0.3, -0.25) is 0 Å². The molecule has 0 aliphatic heterocycles. The van der Waals surface area contributed by atoms with Gasteiger partial charge in [0.05, 0.1) is 0 Å². The lowest BCUT2D eigenvalue weighted by atomic mass is 9.97. The predicted molar refractivity (Wildman–Crippen MR) is 91.9 cm³/mol. The number of aryl methyl sites for hydroxylation is 1. The minimum Gasteiger partial charge on any atom is -0.398 e. The molecule has 0 aliphatic carbocycles. The molecule has 1 aromatic heterocycles. The number of nitrogens with two attached hydrogens (primary N) is 1. The van der Waals surface area contributed by atoms with E-state index in [9.17, 15) is 26.0 Å². The Morgan fingerprint density at radius 3 is 2.48 bits per heavy atom. The van der Waals surface area contributed by atoms with Crippen LogP contribution in [0.5, 0.6) is 5.88 Å². The largest absolute Gasteiger partial charge is 0.534 e. The van der Waals surface area contributed by atoms with E-state index in [0.717, 1.165) is 12.3 Å². The maximum atomic E-state index is 14.2. The highest BCUT2D eigenvalue weighted by Gasteiger charge is 2.48. The lowest BCUT2D eigenvalue weighted by Gasteiger charge is -2.12. The van der Waals surface area contributed by atoms with Gasteiger partial charge in [0, 0.05) is 34.3 Å². The Morgan fingerprint density at radius 2 is 1.85 bits per heavy atom. The van der Waals surface area contributed by atoms with Gasteiger partial charge >= 0.3 is 15.6 Å². The molecule has 27 heavy (non-hydrogen) atoms. The Bertz CT molecular complexity index is 1120. The fraction of sp³-hybridized carbons (Fsp3) is 0.118. The minimum absolute atomic E-state index is 0.0989. The molecule has 0 amide bonds. The molecule has 1 heterocycles. The molecule has 0 radical (unpaired) electrons. The van der Waals surface area contributed by atoms with Gasteiger partial charge in [0.15, 0.2) is 0 Å². The number of nitrogens with zero attached hydrogens (tertiary/aromatic N) is 1. The first-order valence-electron chi connectivity index (χ1n) is 7.45. The zero-order valence-electron chi connectivity index (χ0n) is 13.7. The van der Waals surface area contributed by atoms with Crippen molar-refractivity contribution in [3.05, 3.63) is 54.0 Å². The van der Waals surface area contributed by atoms with Crippen molar-refractivity contribution in [2.24, 2.45) is 0 Å². The number of anilines is 1. The van der Waals surface area contributed by atoms with Gasteiger partial charge in [-0.25, -0.2) is 9.37 Å². The number of fused-ring (bicyclic) bond motifs is 1. The van der Waals surface area contributed by atoms with Crippen LogP contribution in [-0.2, 0) is 10.1 Å². The van der Waals surface area contributed by atoms with E-state index in [-0.39, 0.29) is 11.1 Å². The van der Waals surface area contributed by atoms with Crippen LogP contribution in [0, 0.1) is 12.7 Å². The molecule has 0 atom stereocenters. The van der Waals surface area contributed by atoms with Crippen LogP contribution in [-0.4, -0.2) is 18.9 Å². The van der Waals surface area contributed by atoms with Crippen LogP contribution in [0.15, 0.2) is 42.6 Å². The van der Waals surface area contributed by atoms with E-state index in [4.69, 9.17) is 5.73 Å². The van der Waals surface area contributed by atoms with Crippen LogP contribution in [0.3, 0.4) is 0 Å². The van der Waals surface area contributed by atoms with Crippen LogP contribution >= 0.6 is 0 Å². The average molecular weight is 400 g/mol. The topological polar surface area (TPSA) is 82.3 Å².